The molecular formula is C19H30ClF3IN5O. The van der Waals surface area contributed by atoms with Crippen molar-refractivity contribution in [1.29, 1.82) is 0 Å². The van der Waals surface area contributed by atoms with Crippen molar-refractivity contribution in [3.63, 3.8) is 0 Å². The van der Waals surface area contributed by atoms with Crippen LogP contribution in [-0.4, -0.2) is 77.0 Å². The molecule has 0 amide bonds. The number of anilines is 1. The van der Waals surface area contributed by atoms with Gasteiger partial charge in [0.1, 0.15) is 5.75 Å². The summed E-state index contributed by atoms with van der Waals surface area (Å²) < 4.78 is 42.5. The Morgan fingerprint density at radius 1 is 1.40 bits per heavy atom. The van der Waals surface area contributed by atoms with Crippen molar-refractivity contribution in [3.8, 4) is 5.75 Å². The lowest BCUT2D eigenvalue weighted by atomic mass is 10.2. The molecule has 1 aromatic rings. The molecule has 0 aromatic heterocycles. The first-order valence-corrected chi connectivity index (χ1v) is 9.90. The molecule has 1 aromatic carbocycles. The van der Waals surface area contributed by atoms with E-state index in [-0.39, 0.29) is 30.0 Å². The monoisotopic (exact) mass is 563 g/mol. The molecule has 0 aliphatic carbocycles. The maximum atomic E-state index is 12.3. The van der Waals surface area contributed by atoms with E-state index < -0.39 is 12.7 Å². The minimum Gasteiger partial charge on any atom is -0.495 e. The average molecular weight is 564 g/mol. The van der Waals surface area contributed by atoms with Crippen LogP contribution in [0, 0.1) is 0 Å². The van der Waals surface area contributed by atoms with E-state index in [1.807, 2.05) is 12.1 Å². The van der Waals surface area contributed by atoms with Crippen LogP contribution in [0.4, 0.5) is 18.9 Å². The van der Waals surface area contributed by atoms with Gasteiger partial charge in [-0.05, 0) is 44.6 Å². The predicted molar refractivity (Wildman–Crippen MR) is 127 cm³/mol. The van der Waals surface area contributed by atoms with E-state index in [0.717, 1.165) is 30.9 Å². The molecule has 1 aliphatic rings. The highest BCUT2D eigenvalue weighted by molar-refractivity contribution is 14.0. The second kappa shape index (κ2) is 12.7. The normalized spacial score (nSPS) is 17.1. The lowest BCUT2D eigenvalue weighted by Gasteiger charge is -2.22. The van der Waals surface area contributed by atoms with Crippen molar-refractivity contribution < 1.29 is 17.9 Å². The topological polar surface area (TPSA) is 52.1 Å². The number of hydrogen-bond donors (Lipinski definition) is 2. The molecule has 1 saturated heterocycles. The number of hydrogen-bond acceptors (Lipinski definition) is 4. The first kappa shape index (κ1) is 26.9. The SMILES string of the molecule is CN=C(NCCCN(C)CC(F)(F)F)NC1CCN(c2cc(Cl)ccc2OC)C1.I. The number of halogens is 5. The van der Waals surface area contributed by atoms with Crippen molar-refractivity contribution in [1.82, 2.24) is 15.5 Å². The van der Waals surface area contributed by atoms with Gasteiger partial charge in [0.05, 0.1) is 19.3 Å². The number of nitrogens with one attached hydrogen (secondary N) is 2. The molecule has 1 heterocycles. The standard InChI is InChI=1S/C19H29ClF3N5O.HI/c1-24-18(25-8-4-9-27(2)13-19(21,22)23)26-15-7-10-28(12-15)16-11-14(20)5-6-17(16)29-3;/h5-6,11,15H,4,7-10,12-13H2,1-3H3,(H2,24,25,26);1H. The van der Waals surface area contributed by atoms with Crippen LogP contribution in [0.15, 0.2) is 23.2 Å². The fourth-order valence-corrected chi connectivity index (χ4v) is 3.50. The molecule has 6 nitrogen and oxygen atoms in total. The summed E-state index contributed by atoms with van der Waals surface area (Å²) in [5.41, 5.74) is 0.958. The molecular weight excluding hydrogens is 534 g/mol. The minimum atomic E-state index is -4.17. The first-order valence-electron chi connectivity index (χ1n) is 9.53. The van der Waals surface area contributed by atoms with Crippen LogP contribution in [0.3, 0.4) is 0 Å². The van der Waals surface area contributed by atoms with Gasteiger partial charge in [-0.15, -0.1) is 24.0 Å². The Bertz CT molecular complexity index is 693. The van der Waals surface area contributed by atoms with E-state index in [1.54, 1.807) is 20.2 Å². The number of aliphatic imine (C=N–C) groups is 1. The molecule has 2 N–H and O–H groups in total. The zero-order valence-electron chi connectivity index (χ0n) is 17.4. The van der Waals surface area contributed by atoms with Gasteiger partial charge >= 0.3 is 6.18 Å². The number of rotatable bonds is 8. The molecule has 1 fully saturated rings. The van der Waals surface area contributed by atoms with Crippen molar-refractivity contribution in [2.24, 2.45) is 4.99 Å². The number of ether oxygens (including phenoxy) is 1. The Balaban J connectivity index is 0.00000450. The minimum absolute atomic E-state index is 0. The third kappa shape index (κ3) is 8.93. The first-order chi connectivity index (χ1) is 13.7. The molecule has 2 rings (SSSR count). The Morgan fingerprint density at radius 3 is 2.77 bits per heavy atom. The van der Waals surface area contributed by atoms with Gasteiger partial charge in [0.15, 0.2) is 5.96 Å². The highest BCUT2D eigenvalue weighted by atomic mass is 127. The second-order valence-corrected chi connectivity index (χ2v) is 7.53. The summed E-state index contributed by atoms with van der Waals surface area (Å²) in [4.78, 5) is 7.69. The van der Waals surface area contributed by atoms with Crippen molar-refractivity contribution in [3.05, 3.63) is 23.2 Å². The van der Waals surface area contributed by atoms with Crippen LogP contribution in [0.1, 0.15) is 12.8 Å². The maximum absolute atomic E-state index is 12.3. The van der Waals surface area contributed by atoms with Gasteiger partial charge < -0.3 is 20.3 Å². The lowest BCUT2D eigenvalue weighted by Crippen LogP contribution is -2.45. The molecule has 11 heteroatoms. The number of methoxy groups -OCH3 is 1. The summed E-state index contributed by atoms with van der Waals surface area (Å²) in [6, 6.07) is 5.74. The van der Waals surface area contributed by atoms with E-state index in [4.69, 9.17) is 16.3 Å². The summed E-state index contributed by atoms with van der Waals surface area (Å²) in [5, 5.41) is 7.20. The van der Waals surface area contributed by atoms with E-state index in [0.29, 0.717) is 30.5 Å². The zero-order valence-corrected chi connectivity index (χ0v) is 20.5. The number of nitrogens with zero attached hydrogens (tertiary/aromatic N) is 3. The summed E-state index contributed by atoms with van der Waals surface area (Å²) in [6.07, 6.45) is -2.66. The van der Waals surface area contributed by atoms with Gasteiger partial charge in [-0.1, -0.05) is 11.6 Å². The van der Waals surface area contributed by atoms with Crippen LogP contribution >= 0.6 is 35.6 Å². The second-order valence-electron chi connectivity index (χ2n) is 7.10. The Morgan fingerprint density at radius 2 is 2.13 bits per heavy atom. The number of guanidine groups is 1. The smallest absolute Gasteiger partial charge is 0.401 e. The van der Waals surface area contributed by atoms with Crippen LogP contribution in [0.5, 0.6) is 5.75 Å². The molecule has 0 spiro atoms. The van der Waals surface area contributed by atoms with Crippen molar-refractivity contribution in [2.45, 2.75) is 25.1 Å². The molecule has 1 atom stereocenters. The largest absolute Gasteiger partial charge is 0.495 e. The van der Waals surface area contributed by atoms with Crippen molar-refractivity contribution >= 4 is 47.2 Å². The van der Waals surface area contributed by atoms with Gasteiger partial charge in [-0.25, -0.2) is 0 Å². The fourth-order valence-electron chi connectivity index (χ4n) is 3.34. The molecule has 0 bridgehead atoms. The highest BCUT2D eigenvalue weighted by Crippen LogP contribution is 2.33. The lowest BCUT2D eigenvalue weighted by molar-refractivity contribution is -0.143. The Hall–Kier alpha value is -1.14. The molecule has 1 aliphatic heterocycles. The summed E-state index contributed by atoms with van der Waals surface area (Å²) in [7, 11) is 4.78. The molecule has 1 unspecified atom stereocenters. The van der Waals surface area contributed by atoms with E-state index >= 15 is 0 Å². The molecule has 30 heavy (non-hydrogen) atoms. The number of alkyl halides is 3. The van der Waals surface area contributed by atoms with Gasteiger partial charge in [-0.3, -0.25) is 9.89 Å². The zero-order chi connectivity index (χ0) is 21.4. The van der Waals surface area contributed by atoms with Gasteiger partial charge in [-0.2, -0.15) is 13.2 Å². The fraction of sp³-hybridized carbons (Fsp3) is 0.632. The maximum Gasteiger partial charge on any atom is 0.401 e. The number of benzene rings is 1. The van der Waals surface area contributed by atoms with E-state index in [1.165, 1.54) is 11.9 Å². The van der Waals surface area contributed by atoms with Crippen LogP contribution in [0.2, 0.25) is 5.02 Å². The summed E-state index contributed by atoms with van der Waals surface area (Å²) >= 11 is 6.13. The summed E-state index contributed by atoms with van der Waals surface area (Å²) in [6.45, 7) is 1.62. The van der Waals surface area contributed by atoms with Gasteiger partial charge in [0.25, 0.3) is 0 Å². The van der Waals surface area contributed by atoms with E-state index in [9.17, 15) is 13.2 Å². The third-order valence-electron chi connectivity index (χ3n) is 4.69. The van der Waals surface area contributed by atoms with Crippen LogP contribution in [0.25, 0.3) is 0 Å². The molecule has 172 valence electrons. The molecule has 0 radical (unpaired) electrons. The average Bonchev–Trinajstić information content (AvgIpc) is 3.11. The van der Waals surface area contributed by atoms with Gasteiger partial charge in [0.2, 0.25) is 0 Å². The molecule has 0 saturated carbocycles. The third-order valence-corrected chi connectivity index (χ3v) is 4.93. The van der Waals surface area contributed by atoms with Crippen LogP contribution in [-0.2, 0) is 0 Å². The quantitative estimate of drug-likeness (QED) is 0.219. The van der Waals surface area contributed by atoms with E-state index in [2.05, 4.69) is 20.5 Å². The predicted octanol–water partition coefficient (Wildman–Crippen LogP) is 3.59. The van der Waals surface area contributed by atoms with Gasteiger partial charge in [0, 0.05) is 37.7 Å². The highest BCUT2D eigenvalue weighted by Gasteiger charge is 2.29. The van der Waals surface area contributed by atoms with Crippen LogP contribution < -0.4 is 20.3 Å². The summed E-state index contributed by atoms with van der Waals surface area (Å²) in [5.74, 6) is 1.42. The van der Waals surface area contributed by atoms with Crippen molar-refractivity contribution in [2.75, 3.05) is 58.8 Å². The Labute approximate surface area is 198 Å². The Kier molecular flexibility index (Phi) is 11.3.